The van der Waals surface area contributed by atoms with Crippen molar-refractivity contribution in [3.8, 4) is 0 Å². The number of hydrogen-bond donors (Lipinski definition) is 1. The van der Waals surface area contributed by atoms with Crippen LogP contribution in [-0.4, -0.2) is 34.1 Å². The summed E-state index contributed by atoms with van der Waals surface area (Å²) in [4.78, 5) is 9.60. The molecule has 44 valence electrons. The number of carbonyl (C=O) groups is 1. The van der Waals surface area contributed by atoms with Gasteiger partial charge in [0.05, 0.1) is 0 Å². The van der Waals surface area contributed by atoms with Crippen LogP contribution in [-0.2, 0) is 26.5 Å². The van der Waals surface area contributed by atoms with E-state index in [1.165, 1.54) is 0 Å². The molecule has 0 fully saturated rings. The zero-order valence-electron chi connectivity index (χ0n) is 4.27. The minimum Gasteiger partial charge on any atom is -0.481 e. The van der Waals surface area contributed by atoms with Crippen LogP contribution in [0.5, 0.6) is 0 Å². The van der Waals surface area contributed by atoms with E-state index in [-0.39, 0.29) is 44.8 Å². The molecular weight excluding hydrogens is 152 g/mol. The Balaban J connectivity index is -0.000000125. The van der Waals surface area contributed by atoms with Crippen molar-refractivity contribution in [3.05, 3.63) is 0 Å². The minimum absolute atomic E-state index is 0. The summed E-state index contributed by atoms with van der Waals surface area (Å²) < 4.78 is 0. The monoisotopic (exact) mass is 162 g/mol. The molecule has 0 aliphatic heterocycles. The van der Waals surface area contributed by atoms with Crippen LogP contribution in [0.1, 0.15) is 19.8 Å². The van der Waals surface area contributed by atoms with Gasteiger partial charge in [-0.3, -0.25) is 4.79 Å². The van der Waals surface area contributed by atoms with Crippen molar-refractivity contribution in [2.75, 3.05) is 0 Å². The van der Waals surface area contributed by atoms with Crippen LogP contribution < -0.4 is 0 Å². The third-order valence-electron chi connectivity index (χ3n) is 0.464. The van der Waals surface area contributed by atoms with Crippen molar-refractivity contribution in [1.29, 1.82) is 0 Å². The summed E-state index contributed by atoms with van der Waals surface area (Å²) in [7, 11) is 0. The zero-order chi connectivity index (χ0) is 4.99. The van der Waals surface area contributed by atoms with E-state index in [1.807, 2.05) is 6.92 Å². The molecule has 2 nitrogen and oxygen atoms in total. The quantitative estimate of drug-likeness (QED) is 0.578. The Bertz CT molecular complexity index is 58.0. The maximum atomic E-state index is 9.60. The van der Waals surface area contributed by atoms with Crippen molar-refractivity contribution in [3.63, 3.8) is 0 Å². The largest absolute Gasteiger partial charge is 0.481 e. The zero-order valence-corrected chi connectivity index (χ0v) is 5.83. The van der Waals surface area contributed by atoms with Gasteiger partial charge in [-0.25, -0.2) is 0 Å². The number of hydrogen-bond acceptors (Lipinski definition) is 1. The maximum Gasteiger partial charge on any atom is 0.316 e. The second-order valence-corrected chi connectivity index (χ2v) is 1.14. The average molecular weight is 162 g/mol. The fraction of sp³-hybridized carbons (Fsp3) is 0.750. The molecule has 0 aromatic carbocycles. The predicted molar refractivity (Wildman–Crippen MR) is 31.1 cm³/mol. The van der Waals surface area contributed by atoms with E-state index >= 15 is 0 Å². The molecule has 0 spiro atoms. The SMILES string of the molecule is CCCC(=O)O.[MgH2].[Ti]. The molecule has 0 aromatic heterocycles. The summed E-state index contributed by atoms with van der Waals surface area (Å²) in [6.45, 7) is 1.84. The molecular formula is C4H10MgO2Ti. The predicted octanol–water partition coefficient (Wildman–Crippen LogP) is -0.0476. The van der Waals surface area contributed by atoms with Gasteiger partial charge in [-0.2, -0.15) is 0 Å². The molecule has 0 bridgehead atoms. The molecule has 0 atom stereocenters. The Hall–Kier alpha value is 0.951. The van der Waals surface area contributed by atoms with Gasteiger partial charge in [0.2, 0.25) is 0 Å². The number of rotatable bonds is 2. The molecule has 0 aromatic rings. The van der Waals surface area contributed by atoms with Gasteiger partial charge >= 0.3 is 29.0 Å². The Morgan fingerprint density at radius 2 is 2.00 bits per heavy atom. The minimum atomic E-state index is -0.711. The van der Waals surface area contributed by atoms with Crippen LogP contribution in [0, 0.1) is 0 Å². The molecule has 0 amide bonds. The van der Waals surface area contributed by atoms with E-state index in [0.717, 1.165) is 6.42 Å². The third-order valence-corrected chi connectivity index (χ3v) is 0.464. The number of aliphatic carboxylic acids is 1. The first-order valence-corrected chi connectivity index (χ1v) is 1.99. The molecule has 1 N–H and O–H groups in total. The summed E-state index contributed by atoms with van der Waals surface area (Å²) in [5.41, 5.74) is 0. The molecule has 0 aliphatic rings. The van der Waals surface area contributed by atoms with Gasteiger partial charge in [0.15, 0.2) is 0 Å². The molecule has 0 rings (SSSR count). The third kappa shape index (κ3) is 15.8. The van der Waals surface area contributed by atoms with Crippen molar-refractivity contribution < 1.29 is 31.6 Å². The van der Waals surface area contributed by atoms with Gasteiger partial charge in [-0.05, 0) is 6.42 Å². The first-order chi connectivity index (χ1) is 2.77. The molecule has 0 saturated carbocycles. The van der Waals surface area contributed by atoms with Crippen molar-refractivity contribution in [2.24, 2.45) is 0 Å². The van der Waals surface area contributed by atoms with Gasteiger partial charge in [0.25, 0.3) is 0 Å². The van der Waals surface area contributed by atoms with Crippen molar-refractivity contribution in [1.82, 2.24) is 0 Å². The molecule has 0 aliphatic carbocycles. The first kappa shape index (κ1) is 16.0. The normalized spacial score (nSPS) is 6.12. The summed E-state index contributed by atoms with van der Waals surface area (Å²) >= 11 is 0. The summed E-state index contributed by atoms with van der Waals surface area (Å²) in [6, 6.07) is 0. The molecule has 8 heavy (non-hydrogen) atoms. The van der Waals surface area contributed by atoms with Gasteiger partial charge < -0.3 is 5.11 Å². The molecule has 0 unspecified atom stereocenters. The van der Waals surface area contributed by atoms with Crippen LogP contribution in [0.4, 0.5) is 0 Å². The number of carboxylic acids is 1. The summed E-state index contributed by atoms with van der Waals surface area (Å²) in [5.74, 6) is -0.711. The van der Waals surface area contributed by atoms with Crippen LogP contribution in [0.15, 0.2) is 0 Å². The van der Waals surface area contributed by atoms with E-state index in [1.54, 1.807) is 0 Å². The van der Waals surface area contributed by atoms with E-state index in [4.69, 9.17) is 5.11 Å². The fourth-order valence-electron chi connectivity index (χ4n) is 0.214. The van der Waals surface area contributed by atoms with Gasteiger partial charge in [-0.1, -0.05) is 6.92 Å². The van der Waals surface area contributed by atoms with E-state index < -0.39 is 5.97 Å². The van der Waals surface area contributed by atoms with Gasteiger partial charge in [0.1, 0.15) is 0 Å². The van der Waals surface area contributed by atoms with Gasteiger partial charge in [0, 0.05) is 28.1 Å². The van der Waals surface area contributed by atoms with Crippen LogP contribution in [0.2, 0.25) is 0 Å². The Morgan fingerprint density at radius 3 is 2.00 bits per heavy atom. The van der Waals surface area contributed by atoms with Gasteiger partial charge in [-0.15, -0.1) is 0 Å². The number of carboxylic acid groups (broad SMARTS) is 1. The van der Waals surface area contributed by atoms with Crippen LogP contribution in [0.3, 0.4) is 0 Å². The molecule has 0 saturated heterocycles. The summed E-state index contributed by atoms with van der Waals surface area (Å²) in [6.07, 6.45) is 1.02. The van der Waals surface area contributed by atoms with Crippen LogP contribution >= 0.6 is 0 Å². The average Bonchev–Trinajstić information content (AvgIpc) is 1.35. The fourth-order valence-corrected chi connectivity index (χ4v) is 0.214. The molecule has 4 heteroatoms. The second kappa shape index (κ2) is 10.8. The second-order valence-electron chi connectivity index (χ2n) is 1.14. The topological polar surface area (TPSA) is 37.3 Å². The smallest absolute Gasteiger partial charge is 0.316 e. The van der Waals surface area contributed by atoms with E-state index in [9.17, 15) is 4.79 Å². The summed E-state index contributed by atoms with van der Waals surface area (Å²) in [5, 5.41) is 7.91. The molecule has 0 radical (unpaired) electrons. The standard InChI is InChI=1S/C4H8O2.Mg.Ti.2H/c1-2-3-4(5)6;;;;/h2-3H2,1H3,(H,5,6);;;;. The van der Waals surface area contributed by atoms with Crippen molar-refractivity contribution in [2.45, 2.75) is 19.8 Å². The van der Waals surface area contributed by atoms with E-state index in [0.29, 0.717) is 6.42 Å². The Morgan fingerprint density at radius 1 is 1.62 bits per heavy atom. The maximum absolute atomic E-state index is 9.60. The Labute approximate surface area is 80.1 Å². The van der Waals surface area contributed by atoms with Crippen LogP contribution in [0.25, 0.3) is 0 Å². The first-order valence-electron chi connectivity index (χ1n) is 1.99. The van der Waals surface area contributed by atoms with E-state index in [2.05, 4.69) is 0 Å². The van der Waals surface area contributed by atoms with Crippen molar-refractivity contribution >= 4 is 29.0 Å². The molecule has 0 heterocycles. The Kier molecular flexibility index (Phi) is 21.7.